The smallest absolute Gasteiger partial charge is 0.234 e. The van der Waals surface area contributed by atoms with Crippen LogP contribution in [0.15, 0.2) is 18.2 Å². The predicted molar refractivity (Wildman–Crippen MR) is 68.0 cm³/mol. The second kappa shape index (κ2) is 6.64. The highest BCUT2D eigenvalue weighted by molar-refractivity contribution is 8.00. The number of nitriles is 1. The van der Waals surface area contributed by atoms with Gasteiger partial charge in [0.15, 0.2) is 0 Å². The van der Waals surface area contributed by atoms with Crippen LogP contribution < -0.4 is 5.32 Å². The first-order valence-corrected chi connectivity index (χ1v) is 6.24. The van der Waals surface area contributed by atoms with Crippen LogP contribution in [0.5, 0.6) is 0 Å². The Balaban J connectivity index is 2.50. The van der Waals surface area contributed by atoms with Crippen molar-refractivity contribution in [2.75, 3.05) is 16.8 Å². The molecule has 0 aliphatic rings. The van der Waals surface area contributed by atoms with Crippen molar-refractivity contribution in [3.8, 4) is 6.07 Å². The fourth-order valence-electron chi connectivity index (χ4n) is 0.960. The molecular formula is C10H8Cl2N2OS. The molecule has 0 saturated carbocycles. The molecule has 0 saturated heterocycles. The Bertz CT molecular complexity index is 431. The Morgan fingerprint density at radius 3 is 2.81 bits per heavy atom. The van der Waals surface area contributed by atoms with Gasteiger partial charge in [-0.1, -0.05) is 23.2 Å². The summed E-state index contributed by atoms with van der Waals surface area (Å²) in [5.74, 6) is 0.376. The van der Waals surface area contributed by atoms with E-state index in [4.69, 9.17) is 28.5 Å². The van der Waals surface area contributed by atoms with Crippen molar-refractivity contribution >= 4 is 46.6 Å². The van der Waals surface area contributed by atoms with Gasteiger partial charge >= 0.3 is 0 Å². The zero-order chi connectivity index (χ0) is 12.0. The molecule has 6 heteroatoms. The minimum Gasteiger partial charge on any atom is -0.325 e. The number of carbonyl (C=O) groups is 1. The Morgan fingerprint density at radius 1 is 1.44 bits per heavy atom. The third-order valence-electron chi connectivity index (χ3n) is 1.60. The number of rotatable bonds is 4. The van der Waals surface area contributed by atoms with Crippen molar-refractivity contribution in [3.05, 3.63) is 28.2 Å². The van der Waals surface area contributed by atoms with E-state index in [0.29, 0.717) is 21.5 Å². The van der Waals surface area contributed by atoms with Crippen LogP contribution in [-0.2, 0) is 4.79 Å². The number of benzene rings is 1. The van der Waals surface area contributed by atoms with Crippen molar-refractivity contribution in [1.82, 2.24) is 0 Å². The van der Waals surface area contributed by atoms with Crippen LogP contribution in [0.25, 0.3) is 0 Å². The molecule has 0 aromatic heterocycles. The molecular weight excluding hydrogens is 267 g/mol. The Morgan fingerprint density at radius 2 is 2.19 bits per heavy atom. The minimum absolute atomic E-state index is 0.168. The highest BCUT2D eigenvalue weighted by Gasteiger charge is 2.04. The van der Waals surface area contributed by atoms with Gasteiger partial charge in [-0.2, -0.15) is 5.26 Å². The summed E-state index contributed by atoms with van der Waals surface area (Å²) in [6.07, 6.45) is 0. The number of nitrogens with zero attached hydrogens (tertiary/aromatic N) is 1. The second-order valence-corrected chi connectivity index (χ2v) is 4.63. The van der Waals surface area contributed by atoms with E-state index < -0.39 is 0 Å². The van der Waals surface area contributed by atoms with Gasteiger partial charge in [0.25, 0.3) is 0 Å². The Labute approximate surface area is 108 Å². The highest BCUT2D eigenvalue weighted by Crippen LogP contribution is 2.24. The summed E-state index contributed by atoms with van der Waals surface area (Å²) < 4.78 is 0. The van der Waals surface area contributed by atoms with Gasteiger partial charge < -0.3 is 5.32 Å². The normalized spacial score (nSPS) is 9.56. The van der Waals surface area contributed by atoms with Crippen LogP contribution in [0.2, 0.25) is 10.0 Å². The lowest BCUT2D eigenvalue weighted by molar-refractivity contribution is -0.113. The largest absolute Gasteiger partial charge is 0.325 e. The average molecular weight is 275 g/mol. The third kappa shape index (κ3) is 4.31. The van der Waals surface area contributed by atoms with Crippen molar-refractivity contribution in [3.63, 3.8) is 0 Å². The zero-order valence-electron chi connectivity index (χ0n) is 8.17. The molecule has 0 atom stereocenters. The SMILES string of the molecule is N#CCSCC(=O)Nc1ccc(Cl)c(Cl)c1. The number of amides is 1. The molecule has 16 heavy (non-hydrogen) atoms. The van der Waals surface area contributed by atoms with Crippen LogP contribution in [0.4, 0.5) is 5.69 Å². The molecule has 0 radical (unpaired) electrons. The Kier molecular flexibility index (Phi) is 5.47. The van der Waals surface area contributed by atoms with E-state index in [1.165, 1.54) is 11.8 Å². The average Bonchev–Trinajstić information content (AvgIpc) is 2.24. The van der Waals surface area contributed by atoms with Crippen molar-refractivity contribution in [1.29, 1.82) is 5.26 Å². The fourth-order valence-corrected chi connectivity index (χ4v) is 1.71. The highest BCUT2D eigenvalue weighted by atomic mass is 35.5. The lowest BCUT2D eigenvalue weighted by Gasteiger charge is -2.05. The Hall–Kier alpha value is -0.890. The molecule has 0 aliphatic heterocycles. The first-order chi connectivity index (χ1) is 7.63. The van der Waals surface area contributed by atoms with Gasteiger partial charge in [-0.15, -0.1) is 11.8 Å². The quantitative estimate of drug-likeness (QED) is 0.858. The fraction of sp³-hybridized carbons (Fsp3) is 0.200. The minimum atomic E-state index is -0.168. The van der Waals surface area contributed by atoms with E-state index in [1.807, 2.05) is 6.07 Å². The molecule has 0 spiro atoms. The summed E-state index contributed by atoms with van der Waals surface area (Å²) in [7, 11) is 0. The molecule has 84 valence electrons. The van der Waals surface area contributed by atoms with E-state index in [-0.39, 0.29) is 11.7 Å². The van der Waals surface area contributed by atoms with Gasteiger partial charge in [0.2, 0.25) is 5.91 Å². The molecule has 1 aromatic carbocycles. The molecule has 0 heterocycles. The monoisotopic (exact) mass is 274 g/mol. The molecule has 0 unspecified atom stereocenters. The molecule has 3 nitrogen and oxygen atoms in total. The van der Waals surface area contributed by atoms with Crippen LogP contribution in [-0.4, -0.2) is 17.4 Å². The zero-order valence-corrected chi connectivity index (χ0v) is 10.5. The van der Waals surface area contributed by atoms with Gasteiger partial charge in [0.1, 0.15) is 0 Å². The maximum atomic E-state index is 11.4. The second-order valence-electron chi connectivity index (χ2n) is 2.83. The number of carbonyl (C=O) groups excluding carboxylic acids is 1. The predicted octanol–water partition coefficient (Wildman–Crippen LogP) is 3.19. The molecule has 0 fully saturated rings. The molecule has 0 bridgehead atoms. The van der Waals surface area contributed by atoms with E-state index >= 15 is 0 Å². The lowest BCUT2D eigenvalue weighted by Crippen LogP contribution is -2.14. The first kappa shape index (κ1) is 13.2. The van der Waals surface area contributed by atoms with Gasteiger partial charge in [-0.05, 0) is 18.2 Å². The van der Waals surface area contributed by atoms with Crippen molar-refractivity contribution in [2.24, 2.45) is 0 Å². The summed E-state index contributed by atoms with van der Waals surface area (Å²) in [5, 5.41) is 11.8. The molecule has 1 aromatic rings. The number of hydrogen-bond acceptors (Lipinski definition) is 3. The van der Waals surface area contributed by atoms with Crippen LogP contribution in [0.1, 0.15) is 0 Å². The standard InChI is InChI=1S/C10H8Cl2N2OS/c11-8-2-1-7(5-9(8)12)14-10(15)6-16-4-3-13/h1-2,5H,4,6H2,(H,14,15). The maximum Gasteiger partial charge on any atom is 0.234 e. The van der Waals surface area contributed by atoms with E-state index in [2.05, 4.69) is 5.32 Å². The summed E-state index contributed by atoms with van der Waals surface area (Å²) in [5.41, 5.74) is 0.594. The number of halogens is 2. The van der Waals surface area contributed by atoms with Gasteiger partial charge in [0, 0.05) is 5.69 Å². The number of thioether (sulfide) groups is 1. The molecule has 1 amide bonds. The third-order valence-corrected chi connectivity index (χ3v) is 3.14. The molecule has 0 aliphatic carbocycles. The maximum absolute atomic E-state index is 11.4. The number of anilines is 1. The molecule has 1 N–H and O–H groups in total. The lowest BCUT2D eigenvalue weighted by atomic mass is 10.3. The van der Waals surface area contributed by atoms with Crippen LogP contribution in [0, 0.1) is 11.3 Å². The summed E-state index contributed by atoms with van der Waals surface area (Å²) in [6.45, 7) is 0. The topological polar surface area (TPSA) is 52.9 Å². The first-order valence-electron chi connectivity index (χ1n) is 4.33. The van der Waals surface area contributed by atoms with Crippen molar-refractivity contribution < 1.29 is 4.79 Å². The summed E-state index contributed by atoms with van der Waals surface area (Å²) >= 11 is 12.8. The van der Waals surface area contributed by atoms with Crippen LogP contribution in [0.3, 0.4) is 0 Å². The molecule has 1 rings (SSSR count). The van der Waals surface area contributed by atoms with Gasteiger partial charge in [-0.3, -0.25) is 4.79 Å². The summed E-state index contributed by atoms with van der Waals surface area (Å²) in [6, 6.07) is 6.81. The van der Waals surface area contributed by atoms with E-state index in [9.17, 15) is 4.79 Å². The van der Waals surface area contributed by atoms with Gasteiger partial charge in [0.05, 0.1) is 27.6 Å². The van der Waals surface area contributed by atoms with Gasteiger partial charge in [-0.25, -0.2) is 0 Å². The van der Waals surface area contributed by atoms with E-state index in [1.54, 1.807) is 18.2 Å². The summed E-state index contributed by atoms with van der Waals surface area (Å²) in [4.78, 5) is 11.4. The van der Waals surface area contributed by atoms with Crippen molar-refractivity contribution in [2.45, 2.75) is 0 Å². The number of hydrogen-bond donors (Lipinski definition) is 1. The van der Waals surface area contributed by atoms with Crippen LogP contribution >= 0.6 is 35.0 Å². The number of nitrogens with one attached hydrogen (secondary N) is 1. The van der Waals surface area contributed by atoms with E-state index in [0.717, 1.165) is 0 Å².